The highest BCUT2D eigenvalue weighted by atomic mass is 15.3. The summed E-state index contributed by atoms with van der Waals surface area (Å²) in [5, 5.41) is 7.90. The second-order valence-electron chi connectivity index (χ2n) is 5.05. The zero-order valence-electron chi connectivity index (χ0n) is 11.0. The molecule has 0 bridgehead atoms. The molecule has 1 aromatic rings. The van der Waals surface area contributed by atoms with E-state index in [1.807, 2.05) is 0 Å². The number of aryl methyl sites for hydroxylation is 1. The van der Waals surface area contributed by atoms with E-state index in [1.165, 1.54) is 19.3 Å². The number of piperidine rings is 1. The van der Waals surface area contributed by atoms with Crippen molar-refractivity contribution in [2.75, 3.05) is 6.54 Å². The molecule has 17 heavy (non-hydrogen) atoms. The Kier molecular flexibility index (Phi) is 4.54. The minimum atomic E-state index is 0.591. The molecule has 0 aromatic carbocycles. The number of hydrogen-bond acceptors (Lipinski definition) is 3. The maximum absolute atomic E-state index is 4.39. The van der Waals surface area contributed by atoms with E-state index in [2.05, 4.69) is 33.9 Å². The van der Waals surface area contributed by atoms with Crippen molar-refractivity contribution in [3.63, 3.8) is 0 Å². The molecule has 1 fully saturated rings. The molecule has 1 aliphatic heterocycles. The van der Waals surface area contributed by atoms with Gasteiger partial charge in [0.2, 0.25) is 0 Å². The Labute approximate surface area is 104 Å². The third-order valence-corrected chi connectivity index (χ3v) is 3.74. The van der Waals surface area contributed by atoms with Crippen molar-refractivity contribution in [2.45, 2.75) is 58.5 Å². The van der Waals surface area contributed by atoms with Gasteiger partial charge in [-0.3, -0.25) is 4.68 Å². The van der Waals surface area contributed by atoms with Crippen molar-refractivity contribution in [1.82, 2.24) is 20.1 Å². The lowest BCUT2D eigenvalue weighted by Crippen LogP contribution is -2.40. The lowest BCUT2D eigenvalue weighted by atomic mass is 9.89. The van der Waals surface area contributed by atoms with Crippen molar-refractivity contribution < 1.29 is 0 Å². The minimum Gasteiger partial charge on any atom is -0.314 e. The van der Waals surface area contributed by atoms with Crippen LogP contribution in [-0.4, -0.2) is 27.4 Å². The maximum atomic E-state index is 4.39. The molecule has 2 heterocycles. The Morgan fingerprint density at radius 2 is 2.35 bits per heavy atom. The molecule has 1 aliphatic rings. The highest BCUT2D eigenvalue weighted by molar-refractivity contribution is 4.92. The zero-order chi connectivity index (χ0) is 12.1. The maximum Gasteiger partial charge on any atom is 0.138 e. The van der Waals surface area contributed by atoms with E-state index in [4.69, 9.17) is 0 Å². The first-order valence-corrected chi connectivity index (χ1v) is 6.93. The Bertz CT molecular complexity index is 334. The smallest absolute Gasteiger partial charge is 0.138 e. The van der Waals surface area contributed by atoms with E-state index in [-0.39, 0.29) is 0 Å². The third-order valence-electron chi connectivity index (χ3n) is 3.74. The Morgan fingerprint density at radius 1 is 1.47 bits per heavy atom. The predicted molar refractivity (Wildman–Crippen MR) is 68.8 cm³/mol. The van der Waals surface area contributed by atoms with E-state index in [0.29, 0.717) is 6.04 Å². The fourth-order valence-corrected chi connectivity index (χ4v) is 2.69. The van der Waals surface area contributed by atoms with Crippen molar-refractivity contribution in [3.05, 3.63) is 12.2 Å². The van der Waals surface area contributed by atoms with Crippen LogP contribution in [0.4, 0.5) is 0 Å². The monoisotopic (exact) mass is 236 g/mol. The number of rotatable bonds is 5. The van der Waals surface area contributed by atoms with Gasteiger partial charge in [-0.1, -0.05) is 20.3 Å². The Morgan fingerprint density at radius 3 is 3.12 bits per heavy atom. The predicted octanol–water partition coefficient (Wildman–Crippen LogP) is 2.01. The first-order chi connectivity index (χ1) is 8.33. The quantitative estimate of drug-likeness (QED) is 0.850. The lowest BCUT2D eigenvalue weighted by molar-refractivity contribution is 0.289. The summed E-state index contributed by atoms with van der Waals surface area (Å²) in [6.07, 6.45) is 7.75. The number of nitrogens with zero attached hydrogens (tertiary/aromatic N) is 3. The first-order valence-electron chi connectivity index (χ1n) is 6.93. The molecule has 2 unspecified atom stereocenters. The van der Waals surface area contributed by atoms with Crippen LogP contribution in [0.15, 0.2) is 6.33 Å². The fraction of sp³-hybridized carbons (Fsp3) is 0.846. The van der Waals surface area contributed by atoms with Crippen LogP contribution >= 0.6 is 0 Å². The van der Waals surface area contributed by atoms with Gasteiger partial charge in [-0.25, -0.2) is 4.98 Å². The summed E-state index contributed by atoms with van der Waals surface area (Å²) in [7, 11) is 0. The molecule has 0 spiro atoms. The van der Waals surface area contributed by atoms with E-state index in [9.17, 15) is 0 Å². The largest absolute Gasteiger partial charge is 0.314 e. The van der Waals surface area contributed by atoms with Crippen molar-refractivity contribution in [3.8, 4) is 0 Å². The topological polar surface area (TPSA) is 42.7 Å². The van der Waals surface area contributed by atoms with Gasteiger partial charge in [0, 0.05) is 19.0 Å². The molecular weight excluding hydrogens is 212 g/mol. The highest BCUT2D eigenvalue weighted by Gasteiger charge is 2.21. The van der Waals surface area contributed by atoms with Crippen LogP contribution in [0.2, 0.25) is 0 Å². The zero-order valence-corrected chi connectivity index (χ0v) is 11.0. The van der Waals surface area contributed by atoms with Gasteiger partial charge >= 0.3 is 0 Å². The van der Waals surface area contributed by atoms with Crippen LogP contribution in [0.25, 0.3) is 0 Å². The van der Waals surface area contributed by atoms with Crippen LogP contribution in [0, 0.1) is 5.92 Å². The fourth-order valence-electron chi connectivity index (χ4n) is 2.69. The summed E-state index contributed by atoms with van der Waals surface area (Å²) in [5.41, 5.74) is 0. The van der Waals surface area contributed by atoms with Crippen LogP contribution in [0.1, 0.15) is 45.4 Å². The van der Waals surface area contributed by atoms with Crippen LogP contribution in [0.3, 0.4) is 0 Å². The molecule has 2 atom stereocenters. The van der Waals surface area contributed by atoms with Gasteiger partial charge in [-0.15, -0.1) is 0 Å². The summed E-state index contributed by atoms with van der Waals surface area (Å²) in [6.45, 7) is 6.62. The van der Waals surface area contributed by atoms with Gasteiger partial charge in [0.25, 0.3) is 0 Å². The van der Waals surface area contributed by atoms with Gasteiger partial charge in [0.15, 0.2) is 0 Å². The molecule has 0 radical (unpaired) electrons. The average molecular weight is 236 g/mol. The van der Waals surface area contributed by atoms with Gasteiger partial charge in [-0.05, 0) is 31.7 Å². The van der Waals surface area contributed by atoms with Crippen molar-refractivity contribution in [1.29, 1.82) is 0 Å². The lowest BCUT2D eigenvalue weighted by Gasteiger charge is -2.29. The molecule has 2 rings (SSSR count). The Hall–Kier alpha value is -0.900. The van der Waals surface area contributed by atoms with Gasteiger partial charge < -0.3 is 5.32 Å². The van der Waals surface area contributed by atoms with Crippen molar-refractivity contribution >= 4 is 0 Å². The summed E-state index contributed by atoms with van der Waals surface area (Å²) in [5.74, 6) is 2.03. The first kappa shape index (κ1) is 12.6. The molecule has 1 aromatic heterocycles. The number of nitrogens with one attached hydrogen (secondary N) is 1. The van der Waals surface area contributed by atoms with Gasteiger partial charge in [-0.2, -0.15) is 5.10 Å². The Balaban J connectivity index is 1.93. The van der Waals surface area contributed by atoms with E-state index in [1.54, 1.807) is 6.33 Å². The van der Waals surface area contributed by atoms with Crippen LogP contribution in [0.5, 0.6) is 0 Å². The molecule has 0 aliphatic carbocycles. The molecular formula is C13H24N4. The van der Waals surface area contributed by atoms with Crippen molar-refractivity contribution in [2.24, 2.45) is 5.92 Å². The summed E-state index contributed by atoms with van der Waals surface area (Å²) < 4.78 is 2.05. The molecule has 96 valence electrons. The highest BCUT2D eigenvalue weighted by Crippen LogP contribution is 2.21. The van der Waals surface area contributed by atoms with E-state index in [0.717, 1.165) is 37.7 Å². The molecule has 1 N–H and O–H groups in total. The summed E-state index contributed by atoms with van der Waals surface area (Å²) >= 11 is 0. The second kappa shape index (κ2) is 6.15. The third kappa shape index (κ3) is 3.28. The molecule has 4 nitrogen and oxygen atoms in total. The summed E-state index contributed by atoms with van der Waals surface area (Å²) in [4.78, 5) is 4.39. The van der Waals surface area contributed by atoms with E-state index < -0.39 is 0 Å². The number of aromatic nitrogens is 3. The standard InChI is InChI=1S/C13H24N4/c1-3-7-17-13(15-10-16-17)9-12-8-11(4-2)5-6-14-12/h10-12,14H,3-9H2,1-2H3. The summed E-state index contributed by atoms with van der Waals surface area (Å²) in [6, 6.07) is 0.591. The molecule has 0 saturated carbocycles. The van der Waals surface area contributed by atoms with Gasteiger partial charge in [0.1, 0.15) is 12.2 Å². The molecule has 4 heteroatoms. The SMILES string of the molecule is CCCn1ncnc1CC1CC(CC)CCN1. The van der Waals surface area contributed by atoms with E-state index >= 15 is 0 Å². The normalized spacial score (nSPS) is 25.1. The van der Waals surface area contributed by atoms with Crippen LogP contribution in [-0.2, 0) is 13.0 Å². The minimum absolute atomic E-state index is 0.591. The second-order valence-corrected chi connectivity index (χ2v) is 5.05. The molecule has 0 amide bonds. The van der Waals surface area contributed by atoms with Gasteiger partial charge in [0.05, 0.1) is 0 Å². The molecule has 1 saturated heterocycles. The number of hydrogen-bond donors (Lipinski definition) is 1. The van der Waals surface area contributed by atoms with Crippen LogP contribution < -0.4 is 5.32 Å². The average Bonchev–Trinajstić information content (AvgIpc) is 2.78.